The van der Waals surface area contributed by atoms with E-state index in [0.29, 0.717) is 16.7 Å². The zero-order valence-corrected chi connectivity index (χ0v) is 18.1. The van der Waals surface area contributed by atoms with Crippen LogP contribution in [0, 0.1) is 0 Å². The Hall–Kier alpha value is -4.31. The number of aromatic nitrogens is 1. The van der Waals surface area contributed by atoms with E-state index in [4.69, 9.17) is 0 Å². The maximum absolute atomic E-state index is 12.8. The third kappa shape index (κ3) is 3.56. The number of ketones is 3. The van der Waals surface area contributed by atoms with Crippen LogP contribution in [0.4, 0.5) is 0 Å². The van der Waals surface area contributed by atoms with Gasteiger partial charge >= 0.3 is 0 Å². The molecule has 0 atom stereocenters. The molecule has 4 aromatic carbocycles. The van der Waals surface area contributed by atoms with E-state index in [0.717, 1.165) is 27.5 Å². The number of nitrogens with zero attached hydrogens (tertiary/aromatic N) is 1. The van der Waals surface area contributed by atoms with Crippen molar-refractivity contribution in [3.63, 3.8) is 0 Å². The highest BCUT2D eigenvalue weighted by atomic mass is 16.2. The molecule has 0 saturated carbocycles. The molecule has 160 valence electrons. The number of Topliss-reactive ketones (excluding diaryl/α,β-unsaturated/α-hetero) is 2. The van der Waals surface area contributed by atoms with Crippen molar-refractivity contribution in [2.24, 2.45) is 0 Å². The van der Waals surface area contributed by atoms with E-state index in [-0.39, 0.29) is 12.2 Å². The van der Waals surface area contributed by atoms with Crippen molar-refractivity contribution >= 4 is 39.2 Å². The van der Waals surface area contributed by atoms with Gasteiger partial charge in [-0.15, -0.1) is 0 Å². The molecule has 0 spiro atoms. The van der Waals surface area contributed by atoms with Crippen molar-refractivity contribution in [3.05, 3.63) is 114 Å². The van der Waals surface area contributed by atoms with Crippen molar-refractivity contribution in [1.82, 2.24) is 4.57 Å². The number of carbonyl (C=O) groups excluding carboxylic acids is 3. The minimum absolute atomic E-state index is 0.0203. The topological polar surface area (TPSA) is 56.1 Å². The van der Waals surface area contributed by atoms with Gasteiger partial charge < -0.3 is 4.57 Å². The summed E-state index contributed by atoms with van der Waals surface area (Å²) >= 11 is 0. The summed E-state index contributed by atoms with van der Waals surface area (Å²) in [7, 11) is 0. The number of rotatable bonds is 6. The van der Waals surface area contributed by atoms with Crippen molar-refractivity contribution in [3.8, 4) is 5.69 Å². The summed E-state index contributed by atoms with van der Waals surface area (Å²) < 4.78 is 2.11. The van der Waals surface area contributed by atoms with E-state index < -0.39 is 11.6 Å². The third-order valence-corrected chi connectivity index (χ3v) is 5.93. The highest BCUT2D eigenvalue weighted by molar-refractivity contribution is 6.44. The van der Waals surface area contributed by atoms with E-state index in [1.807, 2.05) is 84.9 Å². The summed E-state index contributed by atoms with van der Waals surface area (Å²) in [5.41, 5.74) is 4.51. The van der Waals surface area contributed by atoms with Crippen LogP contribution in [-0.2, 0) is 4.79 Å². The Morgan fingerprint density at radius 2 is 1.24 bits per heavy atom. The molecule has 0 bridgehead atoms. The molecular formula is C29H21NO3. The molecule has 0 fully saturated rings. The zero-order valence-electron chi connectivity index (χ0n) is 18.1. The van der Waals surface area contributed by atoms with Gasteiger partial charge in [-0.25, -0.2) is 0 Å². The lowest BCUT2D eigenvalue weighted by Gasteiger charge is -2.09. The van der Waals surface area contributed by atoms with Gasteiger partial charge in [0.15, 0.2) is 5.78 Å². The Morgan fingerprint density at radius 3 is 1.97 bits per heavy atom. The van der Waals surface area contributed by atoms with Crippen molar-refractivity contribution < 1.29 is 14.4 Å². The quantitative estimate of drug-likeness (QED) is 0.238. The smallest absolute Gasteiger partial charge is 0.228 e. The highest BCUT2D eigenvalue weighted by Gasteiger charge is 2.18. The molecule has 1 heterocycles. The first-order valence-corrected chi connectivity index (χ1v) is 10.9. The van der Waals surface area contributed by atoms with Crippen LogP contribution in [0.25, 0.3) is 27.5 Å². The lowest BCUT2D eigenvalue weighted by atomic mass is 10.0. The molecule has 0 unspecified atom stereocenters. The molecule has 0 radical (unpaired) electrons. The lowest BCUT2D eigenvalue weighted by molar-refractivity contribution is -0.114. The van der Waals surface area contributed by atoms with Crippen molar-refractivity contribution in [2.75, 3.05) is 0 Å². The van der Waals surface area contributed by atoms with E-state index >= 15 is 0 Å². The van der Waals surface area contributed by atoms with Crippen LogP contribution in [0.15, 0.2) is 97.1 Å². The summed E-state index contributed by atoms with van der Waals surface area (Å²) in [5.74, 6) is -0.870. The average Bonchev–Trinajstić information content (AvgIpc) is 3.21. The average molecular weight is 431 g/mol. The molecule has 4 nitrogen and oxygen atoms in total. The number of benzene rings is 4. The van der Waals surface area contributed by atoms with Crippen LogP contribution in [0.5, 0.6) is 0 Å². The maximum atomic E-state index is 12.8. The fourth-order valence-electron chi connectivity index (χ4n) is 4.23. The van der Waals surface area contributed by atoms with Crippen LogP contribution in [0.3, 0.4) is 0 Å². The third-order valence-electron chi connectivity index (χ3n) is 5.93. The monoisotopic (exact) mass is 431 g/mol. The normalized spacial score (nSPS) is 11.1. The summed E-state index contributed by atoms with van der Waals surface area (Å²) in [6.07, 6.45) is 0.187. The fourth-order valence-corrected chi connectivity index (χ4v) is 4.23. The van der Waals surface area contributed by atoms with E-state index in [9.17, 15) is 14.4 Å². The van der Waals surface area contributed by atoms with Crippen LogP contribution in [0.1, 0.15) is 39.6 Å². The molecule has 0 saturated heterocycles. The molecule has 5 aromatic rings. The maximum Gasteiger partial charge on any atom is 0.228 e. The van der Waals surface area contributed by atoms with Gasteiger partial charge in [0.1, 0.15) is 0 Å². The SMILES string of the molecule is CCC(=O)C(=O)c1ccc2c(c1)c1ccccc1n2-c1ccc(C(=O)c2ccccc2)cc1. The second-order valence-electron chi connectivity index (χ2n) is 7.93. The lowest BCUT2D eigenvalue weighted by Crippen LogP contribution is -2.12. The molecule has 0 aliphatic heterocycles. The van der Waals surface area contributed by atoms with Gasteiger partial charge in [0.25, 0.3) is 0 Å². The minimum atomic E-state index is -0.458. The zero-order chi connectivity index (χ0) is 22.9. The molecular weight excluding hydrogens is 410 g/mol. The van der Waals surface area contributed by atoms with Gasteiger partial charge in [-0.3, -0.25) is 14.4 Å². The van der Waals surface area contributed by atoms with Gasteiger partial charge in [0.2, 0.25) is 11.6 Å². The molecule has 33 heavy (non-hydrogen) atoms. The van der Waals surface area contributed by atoms with Crippen LogP contribution < -0.4 is 0 Å². The van der Waals surface area contributed by atoms with Gasteiger partial charge in [-0.2, -0.15) is 0 Å². The van der Waals surface area contributed by atoms with Crippen LogP contribution >= 0.6 is 0 Å². The van der Waals surface area contributed by atoms with Crippen molar-refractivity contribution in [1.29, 1.82) is 0 Å². The number of hydrogen-bond acceptors (Lipinski definition) is 3. The molecule has 4 heteroatoms. The molecule has 0 aliphatic rings. The number of hydrogen-bond donors (Lipinski definition) is 0. The van der Waals surface area contributed by atoms with Crippen LogP contribution in [0.2, 0.25) is 0 Å². The Balaban J connectivity index is 1.62. The van der Waals surface area contributed by atoms with Gasteiger partial charge in [0.05, 0.1) is 11.0 Å². The predicted molar refractivity (Wildman–Crippen MR) is 130 cm³/mol. The van der Waals surface area contributed by atoms with Gasteiger partial charge in [-0.1, -0.05) is 55.5 Å². The number of fused-ring (bicyclic) bond motifs is 3. The first kappa shape index (κ1) is 20.6. The van der Waals surface area contributed by atoms with Crippen LogP contribution in [-0.4, -0.2) is 21.9 Å². The first-order chi connectivity index (χ1) is 16.1. The Bertz CT molecular complexity index is 1530. The largest absolute Gasteiger partial charge is 0.309 e. The first-order valence-electron chi connectivity index (χ1n) is 10.9. The summed E-state index contributed by atoms with van der Waals surface area (Å²) in [6.45, 7) is 1.69. The van der Waals surface area contributed by atoms with E-state index in [1.54, 1.807) is 19.1 Å². The predicted octanol–water partition coefficient (Wildman–Crippen LogP) is 6.18. The molecule has 5 rings (SSSR count). The van der Waals surface area contributed by atoms with Crippen molar-refractivity contribution in [2.45, 2.75) is 13.3 Å². The minimum Gasteiger partial charge on any atom is -0.309 e. The second-order valence-corrected chi connectivity index (χ2v) is 7.93. The Kier molecular flexibility index (Phi) is 5.19. The summed E-state index contributed by atoms with van der Waals surface area (Å²) in [4.78, 5) is 37.2. The molecule has 1 aromatic heterocycles. The Labute approximate surface area is 191 Å². The standard InChI is InChI=1S/C29H21NO3/c1-2-27(31)29(33)21-14-17-26-24(18-21)23-10-6-7-11-25(23)30(26)22-15-12-20(13-16-22)28(32)19-8-4-3-5-9-19/h3-18H,2H2,1H3. The van der Waals surface area contributed by atoms with E-state index in [2.05, 4.69) is 4.57 Å². The molecule has 0 N–H and O–H groups in total. The van der Waals surface area contributed by atoms with E-state index in [1.165, 1.54) is 0 Å². The molecule has 0 aliphatic carbocycles. The number of carbonyl (C=O) groups is 3. The van der Waals surface area contributed by atoms with Gasteiger partial charge in [0, 0.05) is 39.6 Å². The Morgan fingerprint density at radius 1 is 0.636 bits per heavy atom. The van der Waals surface area contributed by atoms with Gasteiger partial charge in [-0.05, 0) is 48.5 Å². The fraction of sp³-hybridized carbons (Fsp3) is 0.0690. The highest BCUT2D eigenvalue weighted by Crippen LogP contribution is 2.33. The summed E-state index contributed by atoms with van der Waals surface area (Å²) in [5, 5.41) is 1.90. The second kappa shape index (κ2) is 8.32. The summed E-state index contributed by atoms with van der Waals surface area (Å²) in [6, 6.07) is 30.1. The molecule has 0 amide bonds. The number of para-hydroxylation sites is 1.